The van der Waals surface area contributed by atoms with Gasteiger partial charge in [0.15, 0.2) is 5.96 Å². The van der Waals surface area contributed by atoms with E-state index in [0.717, 1.165) is 12.1 Å². The van der Waals surface area contributed by atoms with Crippen LogP contribution in [0.3, 0.4) is 0 Å². The third-order valence-corrected chi connectivity index (χ3v) is 3.91. The first-order valence-corrected chi connectivity index (χ1v) is 8.07. The first-order valence-electron chi connectivity index (χ1n) is 8.07. The highest BCUT2D eigenvalue weighted by atomic mass is 127. The van der Waals surface area contributed by atoms with Gasteiger partial charge in [-0.15, -0.1) is 24.0 Å². The second-order valence-corrected chi connectivity index (χ2v) is 5.83. The molecular formula is C19H19F4IN4. The van der Waals surface area contributed by atoms with Crippen LogP contribution >= 0.6 is 24.0 Å². The van der Waals surface area contributed by atoms with E-state index in [0.29, 0.717) is 17.1 Å². The van der Waals surface area contributed by atoms with Gasteiger partial charge in [-0.2, -0.15) is 18.4 Å². The fraction of sp³-hybridized carbons (Fsp3) is 0.263. The van der Waals surface area contributed by atoms with E-state index in [1.54, 1.807) is 13.0 Å². The van der Waals surface area contributed by atoms with E-state index >= 15 is 0 Å². The van der Waals surface area contributed by atoms with Crippen LogP contribution in [0.4, 0.5) is 17.6 Å². The Morgan fingerprint density at radius 3 is 2.54 bits per heavy atom. The largest absolute Gasteiger partial charge is 0.416 e. The van der Waals surface area contributed by atoms with E-state index in [-0.39, 0.29) is 36.1 Å². The summed E-state index contributed by atoms with van der Waals surface area (Å²) in [5.41, 5.74) is 0.314. The van der Waals surface area contributed by atoms with Crippen LogP contribution in [0.2, 0.25) is 0 Å². The molecule has 0 aliphatic rings. The number of halogens is 5. The molecule has 0 bridgehead atoms. The standard InChI is InChI=1S/C19H18F4N4.HI/c1-12(14-4-3-5-16(9-14)19(21,22)23)27-18(25-2)26-11-15-8-13(10-24)6-7-17(15)20;/h3-9,12H,11H2,1-2H3,(H2,25,26,27);1H. The highest BCUT2D eigenvalue weighted by Crippen LogP contribution is 2.30. The van der Waals surface area contributed by atoms with Crippen LogP contribution in [0.25, 0.3) is 0 Å². The zero-order chi connectivity index (χ0) is 20.0. The van der Waals surface area contributed by atoms with E-state index in [2.05, 4.69) is 15.6 Å². The molecule has 28 heavy (non-hydrogen) atoms. The molecule has 4 nitrogen and oxygen atoms in total. The molecule has 1 atom stereocenters. The van der Waals surface area contributed by atoms with Gasteiger partial charge in [-0.1, -0.05) is 12.1 Å². The fourth-order valence-corrected chi connectivity index (χ4v) is 2.43. The molecule has 0 aliphatic carbocycles. The Bertz CT molecular complexity index is 875. The van der Waals surface area contributed by atoms with Gasteiger partial charge in [-0.05, 0) is 42.8 Å². The van der Waals surface area contributed by atoms with Gasteiger partial charge < -0.3 is 10.6 Å². The highest BCUT2D eigenvalue weighted by molar-refractivity contribution is 14.0. The summed E-state index contributed by atoms with van der Waals surface area (Å²) < 4.78 is 52.4. The number of nitrogens with one attached hydrogen (secondary N) is 2. The number of benzene rings is 2. The van der Waals surface area contributed by atoms with Crippen molar-refractivity contribution >= 4 is 29.9 Å². The summed E-state index contributed by atoms with van der Waals surface area (Å²) in [4.78, 5) is 4.00. The number of guanidine groups is 1. The molecule has 0 saturated heterocycles. The molecule has 2 N–H and O–H groups in total. The molecule has 1 unspecified atom stereocenters. The Morgan fingerprint density at radius 2 is 1.93 bits per heavy atom. The van der Waals surface area contributed by atoms with Crippen molar-refractivity contribution in [1.29, 1.82) is 5.26 Å². The predicted molar refractivity (Wildman–Crippen MR) is 110 cm³/mol. The summed E-state index contributed by atoms with van der Waals surface area (Å²) in [7, 11) is 1.50. The molecular weight excluding hydrogens is 487 g/mol. The summed E-state index contributed by atoms with van der Waals surface area (Å²) in [5.74, 6) is -0.176. The lowest BCUT2D eigenvalue weighted by molar-refractivity contribution is -0.137. The predicted octanol–water partition coefficient (Wildman–Crippen LogP) is 4.76. The molecule has 0 spiro atoms. The Labute approximate surface area is 177 Å². The number of aliphatic imine (C=N–C) groups is 1. The lowest BCUT2D eigenvalue weighted by Crippen LogP contribution is -2.38. The van der Waals surface area contributed by atoms with Gasteiger partial charge in [0.05, 0.1) is 23.2 Å². The van der Waals surface area contributed by atoms with Gasteiger partial charge in [0.25, 0.3) is 0 Å². The van der Waals surface area contributed by atoms with Gasteiger partial charge in [0.1, 0.15) is 5.82 Å². The van der Waals surface area contributed by atoms with E-state index in [9.17, 15) is 17.6 Å². The molecule has 2 aromatic carbocycles. The van der Waals surface area contributed by atoms with E-state index in [4.69, 9.17) is 5.26 Å². The molecule has 0 fully saturated rings. The smallest absolute Gasteiger partial charge is 0.352 e. The zero-order valence-electron chi connectivity index (χ0n) is 15.1. The van der Waals surface area contributed by atoms with Gasteiger partial charge in [0.2, 0.25) is 0 Å². The Morgan fingerprint density at radius 1 is 1.21 bits per heavy atom. The maximum atomic E-state index is 13.8. The van der Waals surface area contributed by atoms with Crippen molar-refractivity contribution in [3.63, 3.8) is 0 Å². The van der Waals surface area contributed by atoms with Crippen LogP contribution < -0.4 is 10.6 Å². The normalized spacial score (nSPS) is 12.5. The van der Waals surface area contributed by atoms with Crippen molar-refractivity contribution in [2.24, 2.45) is 4.99 Å². The number of nitriles is 1. The molecule has 0 radical (unpaired) electrons. The number of hydrogen-bond acceptors (Lipinski definition) is 2. The first kappa shape index (κ1) is 23.7. The minimum atomic E-state index is -4.42. The average Bonchev–Trinajstić information content (AvgIpc) is 2.65. The van der Waals surface area contributed by atoms with E-state index in [1.807, 2.05) is 6.07 Å². The van der Waals surface area contributed by atoms with Gasteiger partial charge >= 0.3 is 6.18 Å². The van der Waals surface area contributed by atoms with E-state index in [1.165, 1.54) is 31.3 Å². The minimum Gasteiger partial charge on any atom is -0.352 e. The maximum Gasteiger partial charge on any atom is 0.416 e. The minimum absolute atomic E-state index is 0. The van der Waals surface area contributed by atoms with Crippen LogP contribution in [0.15, 0.2) is 47.5 Å². The second-order valence-electron chi connectivity index (χ2n) is 5.83. The topological polar surface area (TPSA) is 60.2 Å². The second kappa shape index (κ2) is 10.3. The van der Waals surface area contributed by atoms with Crippen molar-refractivity contribution in [2.45, 2.75) is 25.7 Å². The number of hydrogen-bond donors (Lipinski definition) is 2. The average molecular weight is 506 g/mol. The Hall–Kier alpha value is -2.35. The van der Waals surface area contributed by atoms with Crippen molar-refractivity contribution < 1.29 is 17.6 Å². The van der Waals surface area contributed by atoms with Crippen molar-refractivity contribution in [3.05, 3.63) is 70.5 Å². The van der Waals surface area contributed by atoms with Gasteiger partial charge in [0, 0.05) is 19.2 Å². The van der Waals surface area contributed by atoms with Crippen LogP contribution in [0.1, 0.15) is 35.2 Å². The zero-order valence-corrected chi connectivity index (χ0v) is 17.5. The van der Waals surface area contributed by atoms with Crippen molar-refractivity contribution in [3.8, 4) is 6.07 Å². The highest BCUT2D eigenvalue weighted by Gasteiger charge is 2.30. The summed E-state index contributed by atoms with van der Waals surface area (Å²) in [5, 5.41) is 14.7. The van der Waals surface area contributed by atoms with Crippen molar-refractivity contribution in [2.75, 3.05) is 7.05 Å². The van der Waals surface area contributed by atoms with Crippen LogP contribution in [0.5, 0.6) is 0 Å². The summed E-state index contributed by atoms with van der Waals surface area (Å²) in [6.07, 6.45) is -4.42. The van der Waals surface area contributed by atoms with Gasteiger partial charge in [-0.25, -0.2) is 4.39 Å². The van der Waals surface area contributed by atoms with E-state index < -0.39 is 23.6 Å². The molecule has 0 aliphatic heterocycles. The SMILES string of the molecule is CN=C(NCc1cc(C#N)ccc1F)NC(C)c1cccc(C(F)(F)F)c1.I. The first-order chi connectivity index (χ1) is 12.7. The Balaban J connectivity index is 0.00000392. The summed E-state index contributed by atoms with van der Waals surface area (Å²) in [6, 6.07) is 10.5. The lowest BCUT2D eigenvalue weighted by atomic mass is 10.1. The monoisotopic (exact) mass is 506 g/mol. The Kier molecular flexibility index (Phi) is 8.68. The maximum absolute atomic E-state index is 13.8. The lowest BCUT2D eigenvalue weighted by Gasteiger charge is -2.19. The van der Waals surface area contributed by atoms with Gasteiger partial charge in [-0.3, -0.25) is 4.99 Å². The number of alkyl halides is 3. The van der Waals surface area contributed by atoms with Crippen LogP contribution in [-0.4, -0.2) is 13.0 Å². The molecule has 0 saturated carbocycles. The molecule has 2 aromatic rings. The molecule has 150 valence electrons. The summed E-state index contributed by atoms with van der Waals surface area (Å²) in [6.45, 7) is 1.76. The van der Waals surface area contributed by atoms with Crippen molar-refractivity contribution in [1.82, 2.24) is 10.6 Å². The quantitative estimate of drug-likeness (QED) is 0.272. The number of rotatable bonds is 4. The third kappa shape index (κ3) is 6.37. The van der Waals surface area contributed by atoms with Crippen LogP contribution in [-0.2, 0) is 12.7 Å². The molecule has 2 rings (SSSR count). The van der Waals surface area contributed by atoms with Crippen LogP contribution in [0, 0.1) is 17.1 Å². The molecule has 0 heterocycles. The summed E-state index contributed by atoms with van der Waals surface area (Å²) >= 11 is 0. The molecule has 0 amide bonds. The molecule has 9 heteroatoms. The molecule has 0 aromatic heterocycles. The fourth-order valence-electron chi connectivity index (χ4n) is 2.43. The third-order valence-electron chi connectivity index (χ3n) is 3.91. The number of nitrogens with zero attached hydrogens (tertiary/aromatic N) is 2.